The minimum absolute atomic E-state index is 0.188. The van der Waals surface area contributed by atoms with Crippen molar-refractivity contribution in [2.75, 3.05) is 5.75 Å². The Morgan fingerprint density at radius 2 is 1.84 bits per heavy atom. The summed E-state index contributed by atoms with van der Waals surface area (Å²) < 4.78 is 23.2. The largest absolute Gasteiger partial charge is 0.481 e. The molecule has 0 radical (unpaired) electrons. The van der Waals surface area contributed by atoms with Crippen molar-refractivity contribution in [2.45, 2.75) is 31.9 Å². The first-order valence-corrected chi connectivity index (χ1v) is 7.63. The Morgan fingerprint density at radius 1 is 1.32 bits per heavy atom. The molecule has 19 heavy (non-hydrogen) atoms. The number of nitrogens with zero attached hydrogens (tertiary/aromatic N) is 1. The molecule has 0 saturated heterocycles. The second-order valence-electron chi connectivity index (χ2n) is 5.49. The first-order chi connectivity index (χ1) is 8.63. The van der Waals surface area contributed by atoms with Gasteiger partial charge in [0.05, 0.1) is 16.4 Å². The van der Waals surface area contributed by atoms with Gasteiger partial charge in [0.2, 0.25) is 0 Å². The van der Waals surface area contributed by atoms with Gasteiger partial charge in [0.1, 0.15) is 0 Å². The van der Waals surface area contributed by atoms with Gasteiger partial charge in [-0.1, -0.05) is 0 Å². The molecule has 1 aromatic rings. The number of hydrogen-bond donors (Lipinski definition) is 1. The number of aliphatic carboxylic acids is 1. The fourth-order valence-corrected chi connectivity index (χ4v) is 2.83. The predicted octanol–water partition coefficient (Wildman–Crippen LogP) is 1.54. The van der Waals surface area contributed by atoms with Gasteiger partial charge in [-0.3, -0.25) is 9.78 Å². The molecule has 6 heteroatoms. The molecule has 1 rings (SSSR count). The zero-order chi connectivity index (χ0) is 14.7. The SMILES string of the molecule is CC(C)(C)S(=O)(=O)CC(Cc1ccncc1)C(=O)O. The van der Waals surface area contributed by atoms with E-state index in [4.69, 9.17) is 0 Å². The summed E-state index contributed by atoms with van der Waals surface area (Å²) in [4.78, 5) is 15.1. The smallest absolute Gasteiger partial charge is 0.307 e. The summed E-state index contributed by atoms with van der Waals surface area (Å²) in [6, 6.07) is 3.39. The summed E-state index contributed by atoms with van der Waals surface area (Å²) in [7, 11) is -3.46. The van der Waals surface area contributed by atoms with Crippen LogP contribution in [0.2, 0.25) is 0 Å². The van der Waals surface area contributed by atoms with Crippen LogP contribution in [0, 0.1) is 5.92 Å². The molecular weight excluding hydrogens is 266 g/mol. The third kappa shape index (κ3) is 4.31. The zero-order valence-corrected chi connectivity index (χ0v) is 12.1. The van der Waals surface area contributed by atoms with Crippen molar-refractivity contribution in [2.24, 2.45) is 5.92 Å². The molecule has 1 unspecified atom stereocenters. The summed E-state index contributed by atoms with van der Waals surface area (Å²) >= 11 is 0. The van der Waals surface area contributed by atoms with E-state index in [1.165, 1.54) is 0 Å². The second kappa shape index (κ2) is 5.69. The van der Waals surface area contributed by atoms with E-state index >= 15 is 0 Å². The molecule has 5 nitrogen and oxygen atoms in total. The first kappa shape index (κ1) is 15.6. The highest BCUT2D eigenvalue weighted by atomic mass is 32.2. The molecule has 0 bridgehead atoms. The minimum Gasteiger partial charge on any atom is -0.481 e. The third-order valence-electron chi connectivity index (χ3n) is 2.93. The lowest BCUT2D eigenvalue weighted by Crippen LogP contribution is -2.36. The highest BCUT2D eigenvalue weighted by Gasteiger charge is 2.34. The van der Waals surface area contributed by atoms with Crippen LogP contribution in [0.15, 0.2) is 24.5 Å². The zero-order valence-electron chi connectivity index (χ0n) is 11.3. The molecular formula is C13H19NO4S. The molecule has 1 aromatic heterocycles. The first-order valence-electron chi connectivity index (χ1n) is 5.97. The lowest BCUT2D eigenvalue weighted by molar-refractivity contribution is -0.140. The summed E-state index contributed by atoms with van der Waals surface area (Å²) in [6.07, 6.45) is 3.31. The van der Waals surface area contributed by atoms with E-state index in [1.54, 1.807) is 45.3 Å². The topological polar surface area (TPSA) is 84.3 Å². The van der Waals surface area contributed by atoms with Crippen LogP contribution in [-0.2, 0) is 21.1 Å². The molecule has 0 fully saturated rings. The van der Waals surface area contributed by atoms with Crippen molar-refractivity contribution in [1.82, 2.24) is 4.98 Å². The van der Waals surface area contributed by atoms with Crippen molar-refractivity contribution >= 4 is 15.8 Å². The van der Waals surface area contributed by atoms with Crippen LogP contribution >= 0.6 is 0 Å². The fraction of sp³-hybridized carbons (Fsp3) is 0.538. The van der Waals surface area contributed by atoms with Gasteiger partial charge in [-0.05, 0) is 44.9 Å². The maximum atomic E-state index is 12.1. The van der Waals surface area contributed by atoms with Gasteiger partial charge in [0.25, 0.3) is 0 Å². The lowest BCUT2D eigenvalue weighted by atomic mass is 10.0. The summed E-state index contributed by atoms with van der Waals surface area (Å²) in [6.45, 7) is 4.73. The Bertz CT molecular complexity index is 532. The molecule has 0 aliphatic rings. The Kier molecular flexibility index (Phi) is 4.68. The number of carboxylic acids is 1. The Balaban J connectivity index is 2.90. The Hall–Kier alpha value is -1.43. The van der Waals surface area contributed by atoms with E-state index in [-0.39, 0.29) is 12.2 Å². The molecule has 1 N–H and O–H groups in total. The van der Waals surface area contributed by atoms with E-state index in [9.17, 15) is 18.3 Å². The number of hydrogen-bond acceptors (Lipinski definition) is 4. The lowest BCUT2D eigenvalue weighted by Gasteiger charge is -2.22. The van der Waals surface area contributed by atoms with Gasteiger partial charge in [-0.15, -0.1) is 0 Å². The van der Waals surface area contributed by atoms with Gasteiger partial charge in [-0.25, -0.2) is 8.42 Å². The van der Waals surface area contributed by atoms with Crippen molar-refractivity contribution < 1.29 is 18.3 Å². The van der Waals surface area contributed by atoms with Crippen LogP contribution in [0.1, 0.15) is 26.3 Å². The fourth-order valence-electron chi connectivity index (χ4n) is 1.54. The monoisotopic (exact) mass is 285 g/mol. The van der Waals surface area contributed by atoms with E-state index in [0.717, 1.165) is 5.56 Å². The van der Waals surface area contributed by atoms with Crippen molar-refractivity contribution in [3.8, 4) is 0 Å². The van der Waals surface area contributed by atoms with Crippen molar-refractivity contribution in [3.63, 3.8) is 0 Å². The average molecular weight is 285 g/mol. The van der Waals surface area contributed by atoms with E-state index in [1.807, 2.05) is 0 Å². The molecule has 0 aliphatic heterocycles. The highest BCUT2D eigenvalue weighted by molar-refractivity contribution is 7.92. The standard InChI is InChI=1S/C13H19NO4S/c1-13(2,3)19(17,18)9-11(12(15)16)8-10-4-6-14-7-5-10/h4-7,11H,8-9H2,1-3H3,(H,15,16). The number of carbonyl (C=O) groups is 1. The van der Waals surface area contributed by atoms with Gasteiger partial charge < -0.3 is 5.11 Å². The second-order valence-corrected chi connectivity index (χ2v) is 8.28. The van der Waals surface area contributed by atoms with Crippen molar-refractivity contribution in [3.05, 3.63) is 30.1 Å². The number of sulfone groups is 1. The maximum absolute atomic E-state index is 12.1. The molecule has 0 saturated carbocycles. The van der Waals surface area contributed by atoms with Crippen molar-refractivity contribution in [1.29, 1.82) is 0 Å². The predicted molar refractivity (Wildman–Crippen MR) is 72.6 cm³/mol. The number of aromatic nitrogens is 1. The third-order valence-corrected chi connectivity index (χ3v) is 5.64. The number of rotatable bonds is 5. The van der Waals surface area contributed by atoms with E-state index in [2.05, 4.69) is 4.98 Å². The molecule has 0 aliphatic carbocycles. The van der Waals surface area contributed by atoms with Gasteiger partial charge in [0.15, 0.2) is 9.84 Å². The maximum Gasteiger partial charge on any atom is 0.307 e. The van der Waals surface area contributed by atoms with Crippen LogP contribution in [0.3, 0.4) is 0 Å². The minimum atomic E-state index is -3.46. The summed E-state index contributed by atoms with van der Waals surface area (Å²) in [5.74, 6) is -2.38. The summed E-state index contributed by atoms with van der Waals surface area (Å²) in [5, 5.41) is 9.18. The molecule has 106 valence electrons. The normalized spacial score (nSPS) is 14.1. The molecule has 1 heterocycles. The Labute approximate surface area is 113 Å². The van der Waals surface area contributed by atoms with E-state index < -0.39 is 26.5 Å². The van der Waals surface area contributed by atoms with Crippen LogP contribution in [0.5, 0.6) is 0 Å². The molecule has 0 amide bonds. The quantitative estimate of drug-likeness (QED) is 0.887. The summed E-state index contributed by atoms with van der Waals surface area (Å²) in [5.41, 5.74) is 0.770. The van der Waals surface area contributed by atoms with Crippen LogP contribution in [0.4, 0.5) is 0 Å². The molecule has 0 spiro atoms. The highest BCUT2D eigenvalue weighted by Crippen LogP contribution is 2.21. The van der Waals surface area contributed by atoms with Gasteiger partial charge in [0, 0.05) is 12.4 Å². The molecule has 1 atom stereocenters. The van der Waals surface area contributed by atoms with Crippen LogP contribution < -0.4 is 0 Å². The number of pyridine rings is 1. The van der Waals surface area contributed by atoms with Gasteiger partial charge in [-0.2, -0.15) is 0 Å². The average Bonchev–Trinajstić information content (AvgIpc) is 2.27. The Morgan fingerprint density at radius 3 is 2.26 bits per heavy atom. The van der Waals surface area contributed by atoms with Gasteiger partial charge >= 0.3 is 5.97 Å². The number of carboxylic acid groups (broad SMARTS) is 1. The molecule has 0 aromatic carbocycles. The van der Waals surface area contributed by atoms with E-state index in [0.29, 0.717) is 0 Å². The van der Waals surface area contributed by atoms with Crippen LogP contribution in [-0.4, -0.2) is 35.0 Å². The van der Waals surface area contributed by atoms with Crippen LogP contribution in [0.25, 0.3) is 0 Å².